The number of hydrogen-bond acceptors (Lipinski definition) is 4. The lowest BCUT2D eigenvalue weighted by Gasteiger charge is -2.17. The van der Waals surface area contributed by atoms with Crippen molar-refractivity contribution >= 4 is 23.4 Å². The Morgan fingerprint density at radius 2 is 1.76 bits per heavy atom. The minimum Gasteiger partial charge on any atom is -0.481 e. The molecule has 11 heteroatoms. The highest BCUT2D eigenvalue weighted by Gasteiger charge is 2.40. The van der Waals surface area contributed by atoms with Crippen LogP contribution in [0.1, 0.15) is 34.1 Å². The maximum Gasteiger partial charge on any atom is 0.434 e. The Morgan fingerprint density at radius 3 is 2.39 bits per heavy atom. The summed E-state index contributed by atoms with van der Waals surface area (Å²) in [7, 11) is 0. The summed E-state index contributed by atoms with van der Waals surface area (Å²) in [5.41, 5.74) is 3.87. The lowest BCUT2D eigenvalue weighted by molar-refractivity contribution is -0.143. The average molecular weight is 481 g/mol. The van der Waals surface area contributed by atoms with Gasteiger partial charge in [-0.15, -0.1) is 0 Å². The summed E-state index contributed by atoms with van der Waals surface area (Å²) in [6, 6.07) is 10.8. The van der Waals surface area contributed by atoms with Crippen LogP contribution in [0.3, 0.4) is 0 Å². The lowest BCUT2D eigenvalue weighted by atomic mass is 10.1. The normalized spacial score (nSPS) is 12.2. The third-order valence-corrected chi connectivity index (χ3v) is 5.13. The molecular formula is C22H20ClF3N4O3. The fraction of sp³-hybridized carbons (Fsp3) is 0.227. The summed E-state index contributed by atoms with van der Waals surface area (Å²) < 4.78 is 47.4. The van der Waals surface area contributed by atoms with Crippen molar-refractivity contribution in [3.63, 3.8) is 0 Å². The number of halogens is 4. The number of hydrogen-bond donors (Lipinski definition) is 2. The Hall–Kier alpha value is -3.53. The van der Waals surface area contributed by atoms with Crippen molar-refractivity contribution in [1.82, 2.24) is 20.6 Å². The Balaban J connectivity index is 1.74. The van der Waals surface area contributed by atoms with Crippen LogP contribution in [0.4, 0.5) is 13.2 Å². The van der Waals surface area contributed by atoms with Gasteiger partial charge >= 0.3 is 6.18 Å². The third kappa shape index (κ3) is 5.46. The minimum atomic E-state index is -4.90. The second kappa shape index (κ2) is 9.53. The molecule has 1 heterocycles. The second-order valence-electron chi connectivity index (χ2n) is 7.19. The number of nitrogens with zero attached hydrogens (tertiary/aromatic N) is 2. The average Bonchev–Trinajstić information content (AvgIpc) is 3.21. The molecule has 33 heavy (non-hydrogen) atoms. The van der Waals surface area contributed by atoms with Crippen molar-refractivity contribution in [2.45, 2.75) is 33.1 Å². The number of ether oxygens (including phenoxy) is 1. The molecule has 3 aromatic rings. The van der Waals surface area contributed by atoms with E-state index in [0.717, 1.165) is 17.3 Å². The molecule has 1 unspecified atom stereocenters. The molecule has 174 valence electrons. The predicted molar refractivity (Wildman–Crippen MR) is 115 cm³/mol. The first-order chi connectivity index (χ1) is 15.5. The van der Waals surface area contributed by atoms with E-state index in [9.17, 15) is 22.8 Å². The van der Waals surface area contributed by atoms with E-state index in [-0.39, 0.29) is 5.69 Å². The number of hydrazine groups is 1. The number of nitrogens with one attached hydrogen (secondary N) is 2. The molecule has 0 aliphatic heterocycles. The molecule has 0 spiro atoms. The number of alkyl halides is 3. The lowest BCUT2D eigenvalue weighted by Crippen LogP contribution is -2.47. The molecule has 0 bridgehead atoms. The summed E-state index contributed by atoms with van der Waals surface area (Å²) in [5.74, 6) is -1.45. The van der Waals surface area contributed by atoms with Crippen LogP contribution in [0.2, 0.25) is 5.02 Å². The smallest absolute Gasteiger partial charge is 0.434 e. The maximum atomic E-state index is 13.7. The van der Waals surface area contributed by atoms with Crippen molar-refractivity contribution < 1.29 is 27.5 Å². The molecule has 1 aromatic heterocycles. The van der Waals surface area contributed by atoms with Crippen LogP contribution in [-0.4, -0.2) is 27.7 Å². The number of carbonyl (C=O) groups excluding carboxylic acids is 2. The van der Waals surface area contributed by atoms with E-state index in [1.54, 1.807) is 12.1 Å². The highest BCUT2D eigenvalue weighted by molar-refractivity contribution is 6.30. The molecule has 2 amide bonds. The third-order valence-electron chi connectivity index (χ3n) is 4.88. The highest BCUT2D eigenvalue weighted by Crippen LogP contribution is 2.33. The predicted octanol–water partition coefficient (Wildman–Crippen LogP) is 4.39. The maximum absolute atomic E-state index is 13.7. The first kappa shape index (κ1) is 24.1. The Labute approximate surface area is 192 Å². The van der Waals surface area contributed by atoms with Crippen LogP contribution in [0.5, 0.6) is 5.75 Å². The van der Waals surface area contributed by atoms with Gasteiger partial charge < -0.3 is 4.74 Å². The zero-order valence-electron chi connectivity index (χ0n) is 17.8. The van der Waals surface area contributed by atoms with E-state index < -0.39 is 35.4 Å². The number of rotatable bonds is 5. The quantitative estimate of drug-likeness (QED) is 0.530. The zero-order chi connectivity index (χ0) is 24.3. The molecule has 0 aliphatic rings. The number of carbonyl (C=O) groups is 2. The van der Waals surface area contributed by atoms with E-state index in [2.05, 4.69) is 10.5 Å². The van der Waals surface area contributed by atoms with Gasteiger partial charge in [0.1, 0.15) is 5.75 Å². The van der Waals surface area contributed by atoms with Crippen LogP contribution >= 0.6 is 11.6 Å². The van der Waals surface area contributed by atoms with Crippen LogP contribution in [0, 0.1) is 13.8 Å². The van der Waals surface area contributed by atoms with E-state index >= 15 is 0 Å². The number of aryl methyl sites for hydroxylation is 1. The second-order valence-corrected chi connectivity index (χ2v) is 7.63. The number of benzene rings is 2. The molecule has 3 rings (SSSR count). The van der Waals surface area contributed by atoms with Crippen molar-refractivity contribution in [1.29, 1.82) is 0 Å². The monoisotopic (exact) mass is 480 g/mol. The fourth-order valence-corrected chi connectivity index (χ4v) is 3.07. The minimum absolute atomic E-state index is 0.0605. The van der Waals surface area contributed by atoms with Gasteiger partial charge in [0.15, 0.2) is 11.8 Å². The molecular weight excluding hydrogens is 461 g/mol. The van der Waals surface area contributed by atoms with Gasteiger partial charge in [-0.25, -0.2) is 4.68 Å². The molecule has 0 saturated carbocycles. The molecule has 1 atom stereocenters. The zero-order valence-corrected chi connectivity index (χ0v) is 18.6. The summed E-state index contributed by atoms with van der Waals surface area (Å²) in [6.45, 7) is 5.16. The molecule has 2 N–H and O–H groups in total. The van der Waals surface area contributed by atoms with Gasteiger partial charge in [0.25, 0.3) is 11.8 Å². The van der Waals surface area contributed by atoms with Gasteiger partial charge in [0, 0.05) is 5.02 Å². The Morgan fingerprint density at radius 1 is 1.09 bits per heavy atom. The van der Waals surface area contributed by atoms with Gasteiger partial charge in [0.05, 0.1) is 17.4 Å². The van der Waals surface area contributed by atoms with Crippen molar-refractivity contribution in [3.8, 4) is 11.4 Å². The summed E-state index contributed by atoms with van der Waals surface area (Å²) in [5, 5.41) is 4.03. The largest absolute Gasteiger partial charge is 0.481 e. The Bertz CT molecular complexity index is 1180. The summed E-state index contributed by atoms with van der Waals surface area (Å²) in [4.78, 5) is 24.8. The van der Waals surface area contributed by atoms with Crippen LogP contribution < -0.4 is 15.6 Å². The summed E-state index contributed by atoms with van der Waals surface area (Å²) >= 11 is 5.78. The first-order valence-corrected chi connectivity index (χ1v) is 10.1. The van der Waals surface area contributed by atoms with Crippen molar-refractivity contribution in [2.24, 2.45) is 0 Å². The Kier molecular flexibility index (Phi) is 6.97. The van der Waals surface area contributed by atoms with Crippen molar-refractivity contribution in [2.75, 3.05) is 0 Å². The van der Waals surface area contributed by atoms with E-state index in [0.29, 0.717) is 15.5 Å². The summed E-state index contributed by atoms with van der Waals surface area (Å²) in [6.07, 6.45) is -5.15. The molecule has 0 fully saturated rings. The van der Waals surface area contributed by atoms with Gasteiger partial charge in [-0.3, -0.25) is 20.4 Å². The molecule has 2 aromatic carbocycles. The van der Waals surface area contributed by atoms with Crippen LogP contribution in [-0.2, 0) is 11.0 Å². The number of aromatic nitrogens is 2. The number of amides is 2. The molecule has 0 aliphatic carbocycles. The molecule has 0 saturated heterocycles. The standard InChI is InChI=1S/C22H20ClF3N4O3/c1-12-5-4-6-18(13(12)2)33-14(3)20(31)28-29-21(32)17-11-27-30(19(17)22(24,25)26)16-9-7-15(23)8-10-16/h4-11,14H,1-3H3,(H,28,31)(H,29,32). The van der Waals surface area contributed by atoms with E-state index in [1.807, 2.05) is 25.3 Å². The fourth-order valence-electron chi connectivity index (χ4n) is 2.95. The SMILES string of the molecule is Cc1cccc(OC(C)C(=O)NNC(=O)c2cnn(-c3ccc(Cl)cc3)c2C(F)(F)F)c1C. The topological polar surface area (TPSA) is 85.2 Å². The van der Waals surface area contributed by atoms with Crippen LogP contribution in [0.15, 0.2) is 48.7 Å². The highest BCUT2D eigenvalue weighted by atomic mass is 35.5. The van der Waals surface area contributed by atoms with Gasteiger partial charge in [-0.2, -0.15) is 18.3 Å². The van der Waals surface area contributed by atoms with Gasteiger partial charge in [0.2, 0.25) is 0 Å². The van der Waals surface area contributed by atoms with Gasteiger partial charge in [-0.1, -0.05) is 23.7 Å². The van der Waals surface area contributed by atoms with Crippen LogP contribution in [0.25, 0.3) is 5.69 Å². The van der Waals surface area contributed by atoms with E-state index in [1.165, 1.54) is 31.2 Å². The molecule has 7 nitrogen and oxygen atoms in total. The molecule has 0 radical (unpaired) electrons. The van der Waals surface area contributed by atoms with Gasteiger partial charge in [-0.05, 0) is 62.2 Å². The van der Waals surface area contributed by atoms with E-state index in [4.69, 9.17) is 16.3 Å². The van der Waals surface area contributed by atoms with Crippen molar-refractivity contribution in [3.05, 3.63) is 76.1 Å². The first-order valence-electron chi connectivity index (χ1n) is 9.73.